The molecule has 2 unspecified atom stereocenters. The fourth-order valence-electron chi connectivity index (χ4n) is 3.48. The van der Waals surface area contributed by atoms with E-state index in [9.17, 15) is 4.39 Å². The summed E-state index contributed by atoms with van der Waals surface area (Å²) in [5, 5.41) is 3.73. The van der Waals surface area contributed by atoms with Crippen LogP contribution < -0.4 is 10.2 Å². The molecule has 0 spiro atoms. The molecular weight excluding hydrogens is 251 g/mol. The lowest BCUT2D eigenvalue weighted by Crippen LogP contribution is -2.64. The van der Waals surface area contributed by atoms with E-state index in [0.717, 1.165) is 36.7 Å². The molecule has 1 aromatic rings. The van der Waals surface area contributed by atoms with Gasteiger partial charge in [-0.2, -0.15) is 0 Å². The number of rotatable bonds is 3. The van der Waals surface area contributed by atoms with Crippen molar-refractivity contribution >= 4 is 5.69 Å². The SMILES string of the molecule is CCC1CNC(C)(C2CC2)CN1c1cc(C)ccc1F. The molecule has 2 atom stereocenters. The predicted molar refractivity (Wildman–Crippen MR) is 81.7 cm³/mol. The summed E-state index contributed by atoms with van der Waals surface area (Å²) in [5.74, 6) is 0.671. The Bertz CT molecular complexity index is 498. The van der Waals surface area contributed by atoms with Crippen molar-refractivity contribution in [2.75, 3.05) is 18.0 Å². The Morgan fingerprint density at radius 1 is 1.40 bits per heavy atom. The highest BCUT2D eigenvalue weighted by atomic mass is 19.1. The van der Waals surface area contributed by atoms with Gasteiger partial charge >= 0.3 is 0 Å². The van der Waals surface area contributed by atoms with E-state index in [1.54, 1.807) is 6.07 Å². The van der Waals surface area contributed by atoms with E-state index in [2.05, 4.69) is 24.1 Å². The maximum atomic E-state index is 14.3. The molecule has 1 aliphatic carbocycles. The minimum Gasteiger partial charge on any atom is -0.363 e. The second-order valence-electron chi connectivity index (χ2n) is 6.72. The van der Waals surface area contributed by atoms with Crippen molar-refractivity contribution in [3.05, 3.63) is 29.6 Å². The van der Waals surface area contributed by atoms with Crippen LogP contribution in [-0.4, -0.2) is 24.7 Å². The van der Waals surface area contributed by atoms with Crippen LogP contribution in [0.3, 0.4) is 0 Å². The first-order valence-corrected chi connectivity index (χ1v) is 7.81. The quantitative estimate of drug-likeness (QED) is 0.909. The first-order chi connectivity index (χ1) is 9.53. The molecule has 0 radical (unpaired) electrons. The molecule has 2 aliphatic rings. The number of hydrogen-bond donors (Lipinski definition) is 1. The Hall–Kier alpha value is -1.09. The van der Waals surface area contributed by atoms with Crippen molar-refractivity contribution < 1.29 is 4.39 Å². The molecule has 3 heteroatoms. The molecule has 1 saturated carbocycles. The Balaban J connectivity index is 1.92. The topological polar surface area (TPSA) is 15.3 Å². The zero-order valence-electron chi connectivity index (χ0n) is 12.7. The summed E-state index contributed by atoms with van der Waals surface area (Å²) in [5.41, 5.74) is 2.05. The van der Waals surface area contributed by atoms with Gasteiger partial charge in [0.15, 0.2) is 0 Å². The van der Waals surface area contributed by atoms with Crippen molar-refractivity contribution in [2.45, 2.75) is 51.6 Å². The van der Waals surface area contributed by atoms with Gasteiger partial charge in [0.25, 0.3) is 0 Å². The predicted octanol–water partition coefficient (Wildman–Crippen LogP) is 3.49. The van der Waals surface area contributed by atoms with Crippen LogP contribution in [0, 0.1) is 18.7 Å². The first kappa shape index (κ1) is 13.9. The Morgan fingerprint density at radius 2 is 2.15 bits per heavy atom. The molecule has 0 aromatic heterocycles. The summed E-state index contributed by atoms with van der Waals surface area (Å²) < 4.78 is 14.3. The highest BCUT2D eigenvalue weighted by molar-refractivity contribution is 5.52. The largest absolute Gasteiger partial charge is 0.363 e. The zero-order chi connectivity index (χ0) is 14.3. The molecule has 0 amide bonds. The van der Waals surface area contributed by atoms with Crippen LogP contribution in [0.4, 0.5) is 10.1 Å². The van der Waals surface area contributed by atoms with Gasteiger partial charge in [-0.25, -0.2) is 4.39 Å². The summed E-state index contributed by atoms with van der Waals surface area (Å²) >= 11 is 0. The molecule has 1 heterocycles. The molecule has 1 saturated heterocycles. The number of piperazine rings is 1. The third-order valence-electron chi connectivity index (χ3n) is 5.04. The smallest absolute Gasteiger partial charge is 0.146 e. The van der Waals surface area contributed by atoms with Gasteiger partial charge in [-0.1, -0.05) is 13.0 Å². The lowest BCUT2D eigenvalue weighted by Gasteiger charge is -2.48. The van der Waals surface area contributed by atoms with Crippen LogP contribution in [0.2, 0.25) is 0 Å². The number of nitrogens with one attached hydrogen (secondary N) is 1. The third-order valence-corrected chi connectivity index (χ3v) is 5.04. The third kappa shape index (κ3) is 2.44. The maximum absolute atomic E-state index is 14.3. The fraction of sp³-hybridized carbons (Fsp3) is 0.647. The Labute approximate surface area is 121 Å². The summed E-state index contributed by atoms with van der Waals surface area (Å²) in [6.07, 6.45) is 3.66. The fourth-order valence-corrected chi connectivity index (χ4v) is 3.48. The number of nitrogens with zero attached hydrogens (tertiary/aromatic N) is 1. The van der Waals surface area contributed by atoms with Crippen LogP contribution in [-0.2, 0) is 0 Å². The van der Waals surface area contributed by atoms with Crippen LogP contribution >= 0.6 is 0 Å². The number of hydrogen-bond acceptors (Lipinski definition) is 2. The van der Waals surface area contributed by atoms with Crippen LogP contribution in [0.1, 0.15) is 38.7 Å². The minimum atomic E-state index is -0.0888. The molecule has 1 aromatic carbocycles. The van der Waals surface area contributed by atoms with Crippen molar-refractivity contribution in [1.82, 2.24) is 5.32 Å². The van der Waals surface area contributed by atoms with E-state index < -0.39 is 0 Å². The molecule has 20 heavy (non-hydrogen) atoms. The van der Waals surface area contributed by atoms with Gasteiger partial charge in [-0.05, 0) is 56.7 Å². The van der Waals surface area contributed by atoms with Gasteiger partial charge in [0.1, 0.15) is 5.82 Å². The van der Waals surface area contributed by atoms with E-state index in [1.807, 2.05) is 19.1 Å². The van der Waals surface area contributed by atoms with E-state index in [4.69, 9.17) is 0 Å². The highest BCUT2D eigenvalue weighted by Crippen LogP contribution is 2.42. The van der Waals surface area contributed by atoms with Gasteiger partial charge in [0.2, 0.25) is 0 Å². The van der Waals surface area contributed by atoms with Crippen molar-refractivity contribution in [3.8, 4) is 0 Å². The minimum absolute atomic E-state index is 0.0888. The van der Waals surface area contributed by atoms with Crippen LogP contribution in [0.5, 0.6) is 0 Å². The van der Waals surface area contributed by atoms with E-state index in [-0.39, 0.29) is 11.4 Å². The average molecular weight is 276 g/mol. The molecule has 110 valence electrons. The molecule has 3 rings (SSSR count). The molecule has 2 nitrogen and oxygen atoms in total. The number of anilines is 1. The summed E-state index contributed by atoms with van der Waals surface area (Å²) in [6, 6.07) is 5.84. The molecule has 0 bridgehead atoms. The zero-order valence-corrected chi connectivity index (χ0v) is 12.7. The second kappa shape index (κ2) is 5.03. The van der Waals surface area contributed by atoms with Crippen molar-refractivity contribution in [3.63, 3.8) is 0 Å². The summed E-state index contributed by atoms with van der Waals surface area (Å²) in [6.45, 7) is 8.39. The van der Waals surface area contributed by atoms with E-state index in [0.29, 0.717) is 6.04 Å². The van der Waals surface area contributed by atoms with Gasteiger partial charge in [-0.15, -0.1) is 0 Å². The number of benzene rings is 1. The molecule has 2 fully saturated rings. The Morgan fingerprint density at radius 3 is 2.80 bits per heavy atom. The average Bonchev–Trinajstić information content (AvgIpc) is 3.26. The highest BCUT2D eigenvalue weighted by Gasteiger charge is 2.46. The summed E-state index contributed by atoms with van der Waals surface area (Å²) in [7, 11) is 0. The summed E-state index contributed by atoms with van der Waals surface area (Å²) in [4.78, 5) is 2.30. The molecule has 1 aliphatic heterocycles. The van der Waals surface area contributed by atoms with Crippen molar-refractivity contribution in [1.29, 1.82) is 0 Å². The number of halogens is 1. The van der Waals surface area contributed by atoms with Gasteiger partial charge in [0, 0.05) is 24.7 Å². The monoisotopic (exact) mass is 276 g/mol. The Kier molecular flexibility index (Phi) is 3.49. The van der Waals surface area contributed by atoms with Crippen molar-refractivity contribution in [2.24, 2.45) is 5.92 Å². The molecular formula is C17H25FN2. The van der Waals surface area contributed by atoms with Crippen LogP contribution in [0.15, 0.2) is 18.2 Å². The number of aryl methyl sites for hydroxylation is 1. The maximum Gasteiger partial charge on any atom is 0.146 e. The first-order valence-electron chi connectivity index (χ1n) is 7.81. The second-order valence-corrected chi connectivity index (χ2v) is 6.72. The van der Waals surface area contributed by atoms with Crippen LogP contribution in [0.25, 0.3) is 0 Å². The lowest BCUT2D eigenvalue weighted by molar-refractivity contribution is 0.251. The van der Waals surface area contributed by atoms with Gasteiger partial charge < -0.3 is 10.2 Å². The van der Waals surface area contributed by atoms with Gasteiger partial charge in [0.05, 0.1) is 5.69 Å². The van der Waals surface area contributed by atoms with E-state index >= 15 is 0 Å². The molecule has 1 N–H and O–H groups in total. The standard InChI is InChI=1S/C17H25FN2/c1-4-14-10-19-17(3,13-6-7-13)11-20(14)16-9-12(2)5-8-15(16)18/h5,8-9,13-14,19H,4,6-7,10-11H2,1-3H3. The lowest BCUT2D eigenvalue weighted by atomic mass is 9.90. The van der Waals surface area contributed by atoms with E-state index in [1.165, 1.54) is 12.8 Å². The normalized spacial score (nSPS) is 30.6. The van der Waals surface area contributed by atoms with Gasteiger partial charge in [-0.3, -0.25) is 0 Å².